The Kier molecular flexibility index (Phi) is 7.25. The number of nitrogens with zero attached hydrogens (tertiary/aromatic N) is 1. The van der Waals surface area contributed by atoms with E-state index in [9.17, 15) is 4.79 Å². The number of carbonyl (C=O) groups excluding carboxylic acids is 1. The van der Waals surface area contributed by atoms with Crippen LogP contribution >= 0.6 is 11.3 Å². The number of carbonyl (C=O) groups is 1. The number of unbranched alkanes of at least 4 members (excludes halogenated alkanes) is 1. The molecule has 29 heavy (non-hydrogen) atoms. The summed E-state index contributed by atoms with van der Waals surface area (Å²) in [6.45, 7) is 6.81. The van der Waals surface area contributed by atoms with Crippen LogP contribution in [0.25, 0.3) is 11.3 Å². The molecule has 0 bridgehead atoms. The fourth-order valence-electron chi connectivity index (χ4n) is 2.78. The maximum absolute atomic E-state index is 12.2. The summed E-state index contributed by atoms with van der Waals surface area (Å²) < 4.78 is 11.3. The zero-order valence-electron chi connectivity index (χ0n) is 17.0. The number of thiazole rings is 1. The monoisotopic (exact) mass is 410 g/mol. The number of anilines is 1. The molecule has 0 aliphatic heterocycles. The molecule has 0 aliphatic rings. The van der Waals surface area contributed by atoms with Crippen molar-refractivity contribution in [2.75, 3.05) is 18.5 Å². The topological polar surface area (TPSA) is 60.5 Å². The van der Waals surface area contributed by atoms with Gasteiger partial charge in [0.05, 0.1) is 12.3 Å². The highest BCUT2D eigenvalue weighted by Gasteiger charge is 2.10. The van der Waals surface area contributed by atoms with Gasteiger partial charge in [-0.15, -0.1) is 11.3 Å². The average Bonchev–Trinajstić information content (AvgIpc) is 3.16. The van der Waals surface area contributed by atoms with Crippen LogP contribution in [0.1, 0.15) is 30.9 Å². The number of amides is 1. The molecule has 0 spiro atoms. The minimum atomic E-state index is -0.231. The van der Waals surface area contributed by atoms with Crippen molar-refractivity contribution in [2.45, 2.75) is 33.6 Å². The molecule has 0 atom stereocenters. The van der Waals surface area contributed by atoms with Crippen molar-refractivity contribution in [3.63, 3.8) is 0 Å². The maximum atomic E-state index is 12.2. The maximum Gasteiger partial charge on any atom is 0.264 e. The lowest BCUT2D eigenvalue weighted by molar-refractivity contribution is -0.118. The average molecular weight is 411 g/mol. The molecule has 1 amide bonds. The second-order valence-corrected chi connectivity index (χ2v) is 7.73. The highest BCUT2D eigenvalue weighted by Crippen LogP contribution is 2.26. The number of nitrogens with one attached hydrogen (secondary N) is 1. The van der Waals surface area contributed by atoms with Crippen molar-refractivity contribution in [1.82, 2.24) is 4.98 Å². The minimum Gasteiger partial charge on any atom is -0.494 e. The predicted molar refractivity (Wildman–Crippen MR) is 118 cm³/mol. The lowest BCUT2D eigenvalue weighted by Gasteiger charge is -2.09. The fourth-order valence-corrected chi connectivity index (χ4v) is 3.52. The third kappa shape index (κ3) is 6.06. The van der Waals surface area contributed by atoms with E-state index in [-0.39, 0.29) is 12.5 Å². The van der Waals surface area contributed by atoms with E-state index in [4.69, 9.17) is 9.47 Å². The van der Waals surface area contributed by atoms with Gasteiger partial charge in [-0.3, -0.25) is 10.1 Å². The Morgan fingerprint density at radius 1 is 1.10 bits per heavy atom. The molecule has 6 heteroatoms. The second-order valence-electron chi connectivity index (χ2n) is 6.87. The van der Waals surface area contributed by atoms with Crippen LogP contribution in [-0.4, -0.2) is 24.1 Å². The van der Waals surface area contributed by atoms with Crippen LogP contribution < -0.4 is 14.8 Å². The normalized spacial score (nSPS) is 10.6. The van der Waals surface area contributed by atoms with Crippen LogP contribution in [0, 0.1) is 13.8 Å². The van der Waals surface area contributed by atoms with Gasteiger partial charge in [-0.2, -0.15) is 0 Å². The summed E-state index contributed by atoms with van der Waals surface area (Å²) in [4.78, 5) is 16.7. The third-order valence-electron chi connectivity index (χ3n) is 4.36. The molecule has 0 saturated carbocycles. The third-order valence-corrected chi connectivity index (χ3v) is 5.11. The number of aromatic nitrogens is 1. The molecule has 1 heterocycles. The van der Waals surface area contributed by atoms with Gasteiger partial charge in [-0.1, -0.05) is 31.0 Å². The number of rotatable bonds is 9. The number of hydrogen-bond donors (Lipinski definition) is 1. The molecule has 1 N–H and O–H groups in total. The summed E-state index contributed by atoms with van der Waals surface area (Å²) in [5, 5.41) is 5.28. The number of aryl methyl sites for hydroxylation is 2. The predicted octanol–water partition coefficient (Wildman–Crippen LogP) is 5.62. The van der Waals surface area contributed by atoms with E-state index in [1.807, 2.05) is 61.7 Å². The summed E-state index contributed by atoms with van der Waals surface area (Å²) in [5.41, 5.74) is 3.98. The summed E-state index contributed by atoms with van der Waals surface area (Å²) in [7, 11) is 0. The van der Waals surface area contributed by atoms with Crippen molar-refractivity contribution in [3.8, 4) is 22.8 Å². The first kappa shape index (κ1) is 20.9. The molecule has 1 aromatic heterocycles. The van der Waals surface area contributed by atoms with Gasteiger partial charge in [0.2, 0.25) is 0 Å². The molecule has 5 nitrogen and oxygen atoms in total. The molecule has 152 valence electrons. The molecule has 0 aliphatic carbocycles. The number of ether oxygens (including phenoxy) is 2. The van der Waals surface area contributed by atoms with Crippen LogP contribution in [0.2, 0.25) is 0 Å². The summed E-state index contributed by atoms with van der Waals surface area (Å²) in [6.07, 6.45) is 2.16. The first-order valence-electron chi connectivity index (χ1n) is 9.74. The van der Waals surface area contributed by atoms with Crippen molar-refractivity contribution in [1.29, 1.82) is 0 Å². The zero-order chi connectivity index (χ0) is 20.6. The van der Waals surface area contributed by atoms with E-state index in [2.05, 4.69) is 17.2 Å². The van der Waals surface area contributed by atoms with Crippen molar-refractivity contribution < 1.29 is 14.3 Å². The van der Waals surface area contributed by atoms with Crippen LogP contribution in [-0.2, 0) is 4.79 Å². The first-order valence-corrected chi connectivity index (χ1v) is 10.6. The van der Waals surface area contributed by atoms with Gasteiger partial charge in [-0.05, 0) is 56.2 Å². The first-order chi connectivity index (χ1) is 14.0. The fraction of sp³-hybridized carbons (Fsp3) is 0.304. The van der Waals surface area contributed by atoms with E-state index < -0.39 is 0 Å². The Morgan fingerprint density at radius 2 is 1.90 bits per heavy atom. The summed E-state index contributed by atoms with van der Waals surface area (Å²) >= 11 is 1.39. The Balaban J connectivity index is 1.53. The van der Waals surface area contributed by atoms with E-state index in [0.717, 1.165) is 47.6 Å². The van der Waals surface area contributed by atoms with Crippen molar-refractivity contribution in [3.05, 3.63) is 59.0 Å². The lowest BCUT2D eigenvalue weighted by Crippen LogP contribution is -2.20. The lowest BCUT2D eigenvalue weighted by atomic mass is 10.1. The van der Waals surface area contributed by atoms with Crippen molar-refractivity contribution in [2.24, 2.45) is 0 Å². The highest BCUT2D eigenvalue weighted by molar-refractivity contribution is 7.14. The van der Waals surface area contributed by atoms with Gasteiger partial charge in [-0.25, -0.2) is 4.98 Å². The molecule has 0 radical (unpaired) electrons. The van der Waals surface area contributed by atoms with E-state index in [1.165, 1.54) is 11.3 Å². The van der Waals surface area contributed by atoms with E-state index in [0.29, 0.717) is 10.9 Å². The van der Waals surface area contributed by atoms with Crippen LogP contribution in [0.3, 0.4) is 0 Å². The van der Waals surface area contributed by atoms with Gasteiger partial charge in [0.25, 0.3) is 5.91 Å². The summed E-state index contributed by atoms with van der Waals surface area (Å²) in [6, 6.07) is 13.7. The van der Waals surface area contributed by atoms with Gasteiger partial charge >= 0.3 is 0 Å². The molecule has 3 rings (SSSR count). The minimum absolute atomic E-state index is 0.0530. The Labute approximate surface area is 175 Å². The molecule has 0 unspecified atom stereocenters. The Bertz CT molecular complexity index is 951. The van der Waals surface area contributed by atoms with Crippen molar-refractivity contribution >= 4 is 22.4 Å². The molecule has 0 saturated heterocycles. The van der Waals surface area contributed by atoms with Gasteiger partial charge < -0.3 is 9.47 Å². The molecule has 2 aromatic carbocycles. The number of hydrogen-bond acceptors (Lipinski definition) is 5. The van der Waals surface area contributed by atoms with Gasteiger partial charge in [0.1, 0.15) is 11.5 Å². The summed E-state index contributed by atoms with van der Waals surface area (Å²) in [5.74, 6) is 1.34. The largest absolute Gasteiger partial charge is 0.494 e. The quantitative estimate of drug-likeness (QED) is 0.465. The van der Waals surface area contributed by atoms with E-state index in [1.54, 1.807) is 0 Å². The molecule has 3 aromatic rings. The molecular formula is C23H26N2O3S. The molecule has 0 fully saturated rings. The Morgan fingerprint density at radius 3 is 2.62 bits per heavy atom. The van der Waals surface area contributed by atoms with E-state index >= 15 is 0 Å². The second kappa shape index (κ2) is 10.1. The van der Waals surface area contributed by atoms with Gasteiger partial charge in [0.15, 0.2) is 11.7 Å². The SMILES string of the molecule is CCCCOc1ccc(-c2csc(NC(=O)COc3ccc(C)cc3C)n2)cc1. The number of benzene rings is 2. The standard InChI is InChI=1S/C23H26N2O3S/c1-4-5-12-27-19-9-7-18(8-10-19)20-15-29-23(24-20)25-22(26)14-28-21-11-6-16(2)13-17(21)3/h6-11,13,15H,4-5,12,14H2,1-3H3,(H,24,25,26). The van der Waals surface area contributed by atoms with Gasteiger partial charge in [0, 0.05) is 10.9 Å². The van der Waals surface area contributed by atoms with Crippen LogP contribution in [0.4, 0.5) is 5.13 Å². The smallest absolute Gasteiger partial charge is 0.264 e. The van der Waals surface area contributed by atoms with Crippen LogP contribution in [0.15, 0.2) is 47.8 Å². The molecular weight excluding hydrogens is 384 g/mol. The highest BCUT2D eigenvalue weighted by atomic mass is 32.1. The Hall–Kier alpha value is -2.86. The zero-order valence-corrected chi connectivity index (χ0v) is 17.8. The van der Waals surface area contributed by atoms with Crippen LogP contribution in [0.5, 0.6) is 11.5 Å².